The van der Waals surface area contributed by atoms with Gasteiger partial charge in [-0.1, -0.05) is 18.2 Å². The third-order valence-corrected chi connectivity index (χ3v) is 2.89. The Morgan fingerprint density at radius 2 is 2.10 bits per heavy atom. The molecular formula is C15H11N5. The van der Waals surface area contributed by atoms with E-state index in [0.717, 1.165) is 16.8 Å². The van der Waals surface area contributed by atoms with Crippen LogP contribution in [0.5, 0.6) is 0 Å². The molecule has 0 amide bonds. The van der Waals surface area contributed by atoms with Crippen molar-refractivity contribution in [3.63, 3.8) is 0 Å². The molecule has 20 heavy (non-hydrogen) atoms. The van der Waals surface area contributed by atoms with Crippen LogP contribution in [0.2, 0.25) is 0 Å². The summed E-state index contributed by atoms with van der Waals surface area (Å²) in [4.78, 5) is 4.26. The number of aromatic nitrogens is 3. The van der Waals surface area contributed by atoms with Crippen molar-refractivity contribution >= 4 is 11.5 Å². The third-order valence-electron chi connectivity index (χ3n) is 2.89. The standard InChI is InChI=1S/C15H11N5/c16-8-12-3-1-2-4-14(12)11-5-6-17-15(7-11)20-13-9-18-19-10-13/h1-7,9-10H,(H,17,20)(H,18,19). The van der Waals surface area contributed by atoms with Crippen molar-refractivity contribution in [3.05, 3.63) is 60.6 Å². The molecular weight excluding hydrogens is 250 g/mol. The minimum atomic E-state index is 0.646. The molecule has 5 heteroatoms. The van der Waals surface area contributed by atoms with E-state index in [9.17, 15) is 0 Å². The van der Waals surface area contributed by atoms with Gasteiger partial charge in [0.25, 0.3) is 0 Å². The lowest BCUT2D eigenvalue weighted by atomic mass is 10.0. The molecule has 2 heterocycles. The van der Waals surface area contributed by atoms with E-state index in [4.69, 9.17) is 5.26 Å². The molecule has 0 aliphatic heterocycles. The van der Waals surface area contributed by atoms with Crippen LogP contribution in [0.4, 0.5) is 11.5 Å². The molecule has 0 spiro atoms. The van der Waals surface area contributed by atoms with E-state index in [1.807, 2.05) is 30.3 Å². The van der Waals surface area contributed by atoms with Crippen LogP contribution >= 0.6 is 0 Å². The number of nitriles is 1. The summed E-state index contributed by atoms with van der Waals surface area (Å²) in [5.41, 5.74) is 3.33. The molecule has 0 bridgehead atoms. The summed E-state index contributed by atoms with van der Waals surface area (Å²) in [6, 6.07) is 13.5. The lowest BCUT2D eigenvalue weighted by Crippen LogP contribution is -1.93. The van der Waals surface area contributed by atoms with E-state index in [1.54, 1.807) is 24.7 Å². The fourth-order valence-electron chi connectivity index (χ4n) is 1.97. The number of benzene rings is 1. The SMILES string of the molecule is N#Cc1ccccc1-c1ccnc(Nc2cn[nH]c2)c1. The fraction of sp³-hybridized carbons (Fsp3) is 0. The minimum absolute atomic E-state index is 0.646. The normalized spacial score (nSPS) is 9.95. The van der Waals surface area contributed by atoms with Gasteiger partial charge < -0.3 is 5.32 Å². The van der Waals surface area contributed by atoms with Crippen LogP contribution in [0.25, 0.3) is 11.1 Å². The predicted molar refractivity (Wildman–Crippen MR) is 76.3 cm³/mol. The second-order valence-corrected chi connectivity index (χ2v) is 4.20. The largest absolute Gasteiger partial charge is 0.338 e. The maximum Gasteiger partial charge on any atom is 0.130 e. The molecule has 0 saturated heterocycles. The lowest BCUT2D eigenvalue weighted by Gasteiger charge is -2.07. The molecule has 0 aliphatic rings. The summed E-state index contributed by atoms with van der Waals surface area (Å²) in [5, 5.41) is 18.9. The van der Waals surface area contributed by atoms with Gasteiger partial charge in [0, 0.05) is 12.4 Å². The number of anilines is 2. The number of pyridine rings is 1. The first-order valence-electron chi connectivity index (χ1n) is 6.08. The molecule has 1 aromatic carbocycles. The van der Waals surface area contributed by atoms with Gasteiger partial charge in [0.2, 0.25) is 0 Å². The van der Waals surface area contributed by atoms with E-state index >= 15 is 0 Å². The summed E-state index contributed by atoms with van der Waals surface area (Å²) in [5.74, 6) is 0.705. The van der Waals surface area contributed by atoms with Gasteiger partial charge in [0.05, 0.1) is 23.5 Å². The molecule has 0 unspecified atom stereocenters. The highest BCUT2D eigenvalue weighted by atomic mass is 15.1. The average molecular weight is 261 g/mol. The topological polar surface area (TPSA) is 77.4 Å². The van der Waals surface area contributed by atoms with Crippen molar-refractivity contribution in [2.24, 2.45) is 0 Å². The molecule has 96 valence electrons. The Morgan fingerprint density at radius 1 is 1.20 bits per heavy atom. The maximum atomic E-state index is 9.16. The highest BCUT2D eigenvalue weighted by molar-refractivity contribution is 5.73. The van der Waals surface area contributed by atoms with Crippen molar-refractivity contribution in [1.82, 2.24) is 15.2 Å². The quantitative estimate of drug-likeness (QED) is 0.759. The van der Waals surface area contributed by atoms with Gasteiger partial charge in [-0.2, -0.15) is 10.4 Å². The molecule has 0 atom stereocenters. The summed E-state index contributed by atoms with van der Waals surface area (Å²) in [7, 11) is 0. The molecule has 5 nitrogen and oxygen atoms in total. The number of rotatable bonds is 3. The molecule has 0 fully saturated rings. The van der Waals surface area contributed by atoms with Crippen LogP contribution in [0, 0.1) is 11.3 Å². The van der Waals surface area contributed by atoms with Crippen LogP contribution < -0.4 is 5.32 Å². The molecule has 0 saturated carbocycles. The first-order valence-corrected chi connectivity index (χ1v) is 6.08. The van der Waals surface area contributed by atoms with Crippen LogP contribution in [-0.2, 0) is 0 Å². The second-order valence-electron chi connectivity index (χ2n) is 4.20. The predicted octanol–water partition coefficient (Wildman–Crippen LogP) is 3.09. The summed E-state index contributed by atoms with van der Waals surface area (Å²) >= 11 is 0. The highest BCUT2D eigenvalue weighted by Crippen LogP contribution is 2.25. The van der Waals surface area contributed by atoms with Crippen molar-refractivity contribution in [2.75, 3.05) is 5.32 Å². The molecule has 3 rings (SSSR count). The van der Waals surface area contributed by atoms with Gasteiger partial charge in [0.1, 0.15) is 5.82 Å². The zero-order chi connectivity index (χ0) is 13.8. The zero-order valence-corrected chi connectivity index (χ0v) is 10.5. The van der Waals surface area contributed by atoms with E-state index in [0.29, 0.717) is 11.4 Å². The van der Waals surface area contributed by atoms with Crippen molar-refractivity contribution in [1.29, 1.82) is 5.26 Å². The zero-order valence-electron chi connectivity index (χ0n) is 10.5. The number of hydrogen-bond donors (Lipinski definition) is 2. The maximum absolute atomic E-state index is 9.16. The van der Waals surface area contributed by atoms with Gasteiger partial charge in [0.15, 0.2) is 0 Å². The van der Waals surface area contributed by atoms with Crippen molar-refractivity contribution in [3.8, 4) is 17.2 Å². The van der Waals surface area contributed by atoms with Gasteiger partial charge in [-0.25, -0.2) is 4.98 Å². The van der Waals surface area contributed by atoms with Crippen molar-refractivity contribution in [2.45, 2.75) is 0 Å². The molecule has 2 aromatic heterocycles. The summed E-state index contributed by atoms with van der Waals surface area (Å²) < 4.78 is 0. The average Bonchev–Trinajstić information content (AvgIpc) is 3.00. The van der Waals surface area contributed by atoms with Crippen LogP contribution in [-0.4, -0.2) is 15.2 Å². The molecule has 0 radical (unpaired) electrons. The molecule has 2 N–H and O–H groups in total. The van der Waals surface area contributed by atoms with E-state index in [2.05, 4.69) is 26.6 Å². The number of hydrogen-bond acceptors (Lipinski definition) is 4. The smallest absolute Gasteiger partial charge is 0.130 e. The van der Waals surface area contributed by atoms with E-state index in [-0.39, 0.29) is 0 Å². The second kappa shape index (κ2) is 5.24. The van der Waals surface area contributed by atoms with Crippen LogP contribution in [0.3, 0.4) is 0 Å². The summed E-state index contributed by atoms with van der Waals surface area (Å²) in [6.45, 7) is 0. The van der Waals surface area contributed by atoms with Crippen molar-refractivity contribution < 1.29 is 0 Å². The Balaban J connectivity index is 1.97. The first kappa shape index (κ1) is 11.9. The summed E-state index contributed by atoms with van der Waals surface area (Å²) in [6.07, 6.45) is 5.14. The Kier molecular flexibility index (Phi) is 3.13. The number of aromatic amines is 1. The lowest BCUT2D eigenvalue weighted by molar-refractivity contribution is 1.09. The van der Waals surface area contributed by atoms with E-state index in [1.165, 1.54) is 0 Å². The Morgan fingerprint density at radius 3 is 2.90 bits per heavy atom. The highest BCUT2D eigenvalue weighted by Gasteiger charge is 2.05. The number of nitrogens with one attached hydrogen (secondary N) is 2. The molecule has 3 aromatic rings. The van der Waals surface area contributed by atoms with Gasteiger partial charge in [-0.15, -0.1) is 0 Å². The van der Waals surface area contributed by atoms with Crippen LogP contribution in [0.1, 0.15) is 5.56 Å². The Labute approximate surface area is 115 Å². The Bertz CT molecular complexity index is 756. The number of nitrogens with zero attached hydrogens (tertiary/aromatic N) is 3. The fourth-order valence-corrected chi connectivity index (χ4v) is 1.97. The Hall–Kier alpha value is -3.13. The third kappa shape index (κ3) is 2.35. The van der Waals surface area contributed by atoms with Crippen LogP contribution in [0.15, 0.2) is 55.0 Å². The van der Waals surface area contributed by atoms with Gasteiger partial charge >= 0.3 is 0 Å². The molecule has 0 aliphatic carbocycles. The van der Waals surface area contributed by atoms with Gasteiger partial charge in [-0.05, 0) is 29.3 Å². The van der Waals surface area contributed by atoms with Gasteiger partial charge in [-0.3, -0.25) is 5.10 Å². The first-order chi connectivity index (χ1) is 9.86. The number of H-pyrrole nitrogens is 1. The minimum Gasteiger partial charge on any atom is -0.338 e. The van der Waals surface area contributed by atoms with E-state index < -0.39 is 0 Å². The monoisotopic (exact) mass is 261 g/mol.